The normalized spacial score (nSPS) is 15.1. The highest BCUT2D eigenvalue weighted by Gasteiger charge is 2.25. The van der Waals surface area contributed by atoms with Gasteiger partial charge in [0.25, 0.3) is 5.91 Å². The monoisotopic (exact) mass is 348 g/mol. The smallest absolute Gasteiger partial charge is 0.409 e. The Hall–Kier alpha value is -2.24. The first-order valence-electron chi connectivity index (χ1n) is 8.69. The molecule has 2 amide bonds. The fourth-order valence-electron chi connectivity index (χ4n) is 3.16. The maximum Gasteiger partial charge on any atom is 0.409 e. The van der Waals surface area contributed by atoms with E-state index in [1.807, 2.05) is 24.0 Å². The van der Waals surface area contributed by atoms with E-state index in [-0.39, 0.29) is 17.9 Å². The number of nitrogens with zero attached hydrogens (tertiary/aromatic N) is 2. The molecule has 0 spiro atoms. The van der Waals surface area contributed by atoms with Gasteiger partial charge >= 0.3 is 6.09 Å². The quantitative estimate of drug-likeness (QED) is 0.842. The predicted molar refractivity (Wildman–Crippen MR) is 96.3 cm³/mol. The number of methoxy groups -OCH3 is 2. The zero-order chi connectivity index (χ0) is 18.6. The zero-order valence-corrected chi connectivity index (χ0v) is 15.8. The van der Waals surface area contributed by atoms with Crippen LogP contribution in [0.3, 0.4) is 0 Å². The maximum absolute atomic E-state index is 13.0. The second kappa shape index (κ2) is 8.23. The lowest BCUT2D eigenvalue weighted by Crippen LogP contribution is -2.37. The van der Waals surface area contributed by atoms with Gasteiger partial charge in [-0.1, -0.05) is 13.8 Å². The number of hydrogen-bond donors (Lipinski definition) is 0. The Kier molecular flexibility index (Phi) is 6.28. The highest BCUT2D eigenvalue weighted by atomic mass is 16.5. The van der Waals surface area contributed by atoms with Crippen molar-refractivity contribution in [3.63, 3.8) is 0 Å². The number of carbonyl (C=O) groups excluding carboxylic acids is 2. The Morgan fingerprint density at radius 3 is 2.28 bits per heavy atom. The zero-order valence-electron chi connectivity index (χ0n) is 15.8. The molecule has 6 nitrogen and oxygen atoms in total. The van der Waals surface area contributed by atoms with Gasteiger partial charge in [-0.3, -0.25) is 4.79 Å². The molecular weight excluding hydrogens is 320 g/mol. The molecule has 6 heteroatoms. The van der Waals surface area contributed by atoms with Crippen LogP contribution in [0.2, 0.25) is 0 Å². The second-order valence-corrected chi connectivity index (χ2v) is 6.67. The molecule has 0 unspecified atom stereocenters. The Morgan fingerprint density at radius 2 is 1.68 bits per heavy atom. The summed E-state index contributed by atoms with van der Waals surface area (Å²) in [5.74, 6) is 1.09. The molecule has 25 heavy (non-hydrogen) atoms. The van der Waals surface area contributed by atoms with E-state index in [1.165, 1.54) is 7.11 Å². The van der Waals surface area contributed by atoms with Gasteiger partial charge in [0.15, 0.2) is 0 Å². The molecular formula is C19H28N2O4. The highest BCUT2D eigenvalue weighted by molar-refractivity contribution is 5.96. The molecule has 1 aliphatic rings. The van der Waals surface area contributed by atoms with Gasteiger partial charge in [0.2, 0.25) is 0 Å². The van der Waals surface area contributed by atoms with Crippen molar-refractivity contribution in [1.82, 2.24) is 9.80 Å². The van der Waals surface area contributed by atoms with Gasteiger partial charge < -0.3 is 19.3 Å². The minimum Gasteiger partial charge on any atom is -0.496 e. The maximum atomic E-state index is 13.0. The van der Waals surface area contributed by atoms with E-state index in [1.54, 1.807) is 12.0 Å². The molecule has 1 saturated heterocycles. The van der Waals surface area contributed by atoms with Crippen molar-refractivity contribution in [1.29, 1.82) is 0 Å². The molecule has 0 aromatic heterocycles. The van der Waals surface area contributed by atoms with Crippen LogP contribution in [-0.2, 0) is 4.74 Å². The number of aryl methyl sites for hydroxylation is 1. The largest absolute Gasteiger partial charge is 0.496 e. The minimum absolute atomic E-state index is 0.00812. The number of ether oxygens (including phenoxy) is 2. The third kappa shape index (κ3) is 4.24. The standard InChI is InChI=1S/C19H28N2O4/c1-13(2)15-12-16(14(3)11-17(15)24-4)18(22)20-7-6-8-21(10-9-20)19(23)25-5/h11-13H,6-10H2,1-5H3. The average Bonchev–Trinajstić information content (AvgIpc) is 2.86. The van der Waals surface area contributed by atoms with Crippen molar-refractivity contribution in [3.05, 3.63) is 28.8 Å². The summed E-state index contributed by atoms with van der Waals surface area (Å²) < 4.78 is 10.2. The molecule has 1 aliphatic heterocycles. The van der Waals surface area contributed by atoms with Crippen LogP contribution in [0.25, 0.3) is 0 Å². The van der Waals surface area contributed by atoms with Crippen LogP contribution in [0.5, 0.6) is 5.75 Å². The summed E-state index contributed by atoms with van der Waals surface area (Å²) in [4.78, 5) is 28.2. The van der Waals surface area contributed by atoms with Crippen LogP contribution in [0.4, 0.5) is 4.79 Å². The minimum atomic E-state index is -0.336. The summed E-state index contributed by atoms with van der Waals surface area (Å²) in [6.45, 7) is 8.34. The van der Waals surface area contributed by atoms with E-state index in [2.05, 4.69) is 13.8 Å². The van der Waals surface area contributed by atoms with Gasteiger partial charge in [0.05, 0.1) is 14.2 Å². The molecule has 0 atom stereocenters. The third-order valence-electron chi connectivity index (χ3n) is 4.65. The Balaban J connectivity index is 2.22. The second-order valence-electron chi connectivity index (χ2n) is 6.67. The van der Waals surface area contributed by atoms with Crippen molar-refractivity contribution < 1.29 is 19.1 Å². The van der Waals surface area contributed by atoms with Crippen LogP contribution in [0.15, 0.2) is 12.1 Å². The molecule has 0 bridgehead atoms. The molecule has 1 fully saturated rings. The molecule has 0 aliphatic carbocycles. The summed E-state index contributed by atoms with van der Waals surface area (Å²) in [6.07, 6.45) is 0.407. The predicted octanol–water partition coefficient (Wildman–Crippen LogP) is 3.04. The summed E-state index contributed by atoms with van der Waals surface area (Å²) in [7, 11) is 3.03. The van der Waals surface area contributed by atoms with Crippen LogP contribution in [0, 0.1) is 6.92 Å². The van der Waals surface area contributed by atoms with E-state index >= 15 is 0 Å². The molecule has 0 radical (unpaired) electrons. The first kappa shape index (κ1) is 19.1. The van der Waals surface area contributed by atoms with Crippen LogP contribution in [-0.4, -0.2) is 62.2 Å². The topological polar surface area (TPSA) is 59.1 Å². The van der Waals surface area contributed by atoms with Gasteiger partial charge in [-0.2, -0.15) is 0 Å². The number of benzene rings is 1. The van der Waals surface area contributed by atoms with Crippen LogP contribution in [0.1, 0.15) is 47.7 Å². The van der Waals surface area contributed by atoms with Crippen LogP contribution < -0.4 is 4.74 Å². The van der Waals surface area contributed by atoms with Crippen molar-refractivity contribution >= 4 is 12.0 Å². The van der Waals surface area contributed by atoms with E-state index in [0.29, 0.717) is 31.7 Å². The number of carbonyl (C=O) groups is 2. The molecule has 0 N–H and O–H groups in total. The lowest BCUT2D eigenvalue weighted by Gasteiger charge is -2.23. The first-order valence-corrected chi connectivity index (χ1v) is 8.69. The highest BCUT2D eigenvalue weighted by Crippen LogP contribution is 2.30. The fourth-order valence-corrected chi connectivity index (χ4v) is 3.16. The van der Waals surface area contributed by atoms with E-state index < -0.39 is 0 Å². The molecule has 138 valence electrons. The van der Waals surface area contributed by atoms with Gasteiger partial charge in [-0.15, -0.1) is 0 Å². The summed E-state index contributed by atoms with van der Waals surface area (Å²) in [6, 6.07) is 3.88. The van der Waals surface area contributed by atoms with Gasteiger partial charge in [-0.05, 0) is 42.5 Å². The Labute approximate surface area is 149 Å². The van der Waals surface area contributed by atoms with E-state index in [9.17, 15) is 9.59 Å². The van der Waals surface area contributed by atoms with Gasteiger partial charge in [0, 0.05) is 31.7 Å². The Morgan fingerprint density at radius 1 is 1.04 bits per heavy atom. The van der Waals surface area contributed by atoms with Gasteiger partial charge in [0.1, 0.15) is 5.75 Å². The van der Waals surface area contributed by atoms with Crippen LogP contribution >= 0.6 is 0 Å². The van der Waals surface area contributed by atoms with Crippen molar-refractivity contribution in [3.8, 4) is 5.75 Å². The van der Waals surface area contributed by atoms with E-state index in [0.717, 1.165) is 23.3 Å². The fraction of sp³-hybridized carbons (Fsp3) is 0.579. The summed E-state index contributed by atoms with van der Waals surface area (Å²) in [5.41, 5.74) is 2.64. The molecule has 2 rings (SSSR count). The summed E-state index contributed by atoms with van der Waals surface area (Å²) >= 11 is 0. The molecule has 1 aromatic carbocycles. The third-order valence-corrected chi connectivity index (χ3v) is 4.65. The lowest BCUT2D eigenvalue weighted by atomic mass is 9.95. The first-order chi connectivity index (χ1) is 11.9. The van der Waals surface area contributed by atoms with Gasteiger partial charge in [-0.25, -0.2) is 4.79 Å². The Bertz CT molecular complexity index is 643. The SMILES string of the molecule is COC(=O)N1CCCN(C(=O)c2cc(C(C)C)c(OC)cc2C)CC1. The molecule has 1 aromatic rings. The van der Waals surface area contributed by atoms with Crippen molar-refractivity contribution in [2.45, 2.75) is 33.1 Å². The van der Waals surface area contributed by atoms with Crippen molar-refractivity contribution in [2.75, 3.05) is 40.4 Å². The number of amides is 2. The lowest BCUT2D eigenvalue weighted by molar-refractivity contribution is 0.0756. The van der Waals surface area contributed by atoms with E-state index in [4.69, 9.17) is 9.47 Å². The average molecular weight is 348 g/mol. The molecule has 1 heterocycles. The number of hydrogen-bond acceptors (Lipinski definition) is 4. The summed E-state index contributed by atoms with van der Waals surface area (Å²) in [5, 5.41) is 0. The molecule has 0 saturated carbocycles. The number of rotatable bonds is 3. The van der Waals surface area contributed by atoms with Crippen molar-refractivity contribution in [2.24, 2.45) is 0 Å².